The summed E-state index contributed by atoms with van der Waals surface area (Å²) in [7, 11) is -3.54. The predicted molar refractivity (Wildman–Crippen MR) is 71.4 cm³/mol. The lowest BCUT2D eigenvalue weighted by Crippen LogP contribution is -2.33. The van der Waals surface area contributed by atoms with E-state index in [-0.39, 0.29) is 4.90 Å². The lowest BCUT2D eigenvalue weighted by molar-refractivity contribution is 0.410. The highest BCUT2D eigenvalue weighted by Crippen LogP contribution is 2.23. The van der Waals surface area contributed by atoms with Crippen LogP contribution in [0.3, 0.4) is 0 Å². The molecule has 0 amide bonds. The average molecular weight is 272 g/mol. The van der Waals surface area contributed by atoms with Gasteiger partial charge in [0.05, 0.1) is 5.69 Å². The number of hydrazine groups is 1. The van der Waals surface area contributed by atoms with Crippen molar-refractivity contribution in [1.82, 2.24) is 9.29 Å². The second-order valence-electron chi connectivity index (χ2n) is 3.92. The Morgan fingerprint density at radius 2 is 1.94 bits per heavy atom. The van der Waals surface area contributed by atoms with Gasteiger partial charge in [-0.1, -0.05) is 13.8 Å². The van der Waals surface area contributed by atoms with Crippen molar-refractivity contribution in [1.29, 1.82) is 0 Å². The molecule has 0 spiro atoms. The van der Waals surface area contributed by atoms with Gasteiger partial charge in [-0.2, -0.15) is 4.31 Å². The molecule has 0 aliphatic carbocycles. The zero-order valence-corrected chi connectivity index (χ0v) is 11.6. The Bertz CT molecular complexity index is 470. The molecule has 0 radical (unpaired) electrons. The van der Waals surface area contributed by atoms with Crippen molar-refractivity contribution in [3.63, 3.8) is 0 Å². The Hall–Kier alpha value is -1.18. The number of hydrogen-bond donors (Lipinski definition) is 2. The highest BCUT2D eigenvalue weighted by Gasteiger charge is 2.25. The molecule has 0 fully saturated rings. The fourth-order valence-corrected chi connectivity index (χ4v) is 3.42. The van der Waals surface area contributed by atoms with E-state index in [2.05, 4.69) is 10.4 Å². The van der Waals surface area contributed by atoms with Crippen LogP contribution in [0.25, 0.3) is 0 Å². The number of aromatic nitrogens is 1. The van der Waals surface area contributed by atoms with E-state index in [0.717, 1.165) is 12.8 Å². The van der Waals surface area contributed by atoms with Crippen LogP contribution in [-0.4, -0.2) is 30.8 Å². The third kappa shape index (κ3) is 3.18. The number of nitrogens with two attached hydrogens (primary N) is 1. The van der Waals surface area contributed by atoms with E-state index in [9.17, 15) is 8.42 Å². The SMILES string of the molecule is CCCN(CCC)S(=O)(=O)c1cnccc1NN. The minimum Gasteiger partial charge on any atom is -0.323 e. The van der Waals surface area contributed by atoms with Crippen molar-refractivity contribution in [2.75, 3.05) is 18.5 Å². The second-order valence-corrected chi connectivity index (χ2v) is 5.83. The maximum atomic E-state index is 12.5. The summed E-state index contributed by atoms with van der Waals surface area (Å²) < 4.78 is 26.4. The minimum absolute atomic E-state index is 0.120. The van der Waals surface area contributed by atoms with Crippen molar-refractivity contribution >= 4 is 15.7 Å². The van der Waals surface area contributed by atoms with Crippen molar-refractivity contribution in [3.8, 4) is 0 Å². The zero-order valence-electron chi connectivity index (χ0n) is 10.8. The van der Waals surface area contributed by atoms with Crippen LogP contribution in [0.2, 0.25) is 0 Å². The van der Waals surface area contributed by atoms with Gasteiger partial charge in [0.25, 0.3) is 0 Å². The van der Waals surface area contributed by atoms with E-state index in [4.69, 9.17) is 5.84 Å². The molecule has 0 saturated carbocycles. The van der Waals surface area contributed by atoms with Crippen LogP contribution in [0, 0.1) is 0 Å². The van der Waals surface area contributed by atoms with E-state index in [0.29, 0.717) is 18.8 Å². The fourth-order valence-electron chi connectivity index (χ4n) is 1.69. The number of hydrogen-bond acceptors (Lipinski definition) is 5. The van der Waals surface area contributed by atoms with E-state index < -0.39 is 10.0 Å². The molecule has 0 saturated heterocycles. The quantitative estimate of drug-likeness (QED) is 0.575. The van der Waals surface area contributed by atoms with Gasteiger partial charge in [-0.25, -0.2) is 8.42 Å². The Labute approximate surface area is 108 Å². The third-order valence-electron chi connectivity index (χ3n) is 2.50. The number of pyridine rings is 1. The lowest BCUT2D eigenvalue weighted by Gasteiger charge is -2.22. The van der Waals surface area contributed by atoms with Gasteiger partial charge in [-0.05, 0) is 18.9 Å². The van der Waals surface area contributed by atoms with Crippen LogP contribution in [0.15, 0.2) is 23.4 Å². The molecule has 18 heavy (non-hydrogen) atoms. The van der Waals surface area contributed by atoms with Crippen molar-refractivity contribution in [2.24, 2.45) is 5.84 Å². The minimum atomic E-state index is -3.54. The van der Waals surface area contributed by atoms with Gasteiger partial charge in [0.1, 0.15) is 4.90 Å². The van der Waals surface area contributed by atoms with Crippen molar-refractivity contribution in [3.05, 3.63) is 18.5 Å². The van der Waals surface area contributed by atoms with Crippen molar-refractivity contribution in [2.45, 2.75) is 31.6 Å². The number of rotatable bonds is 7. The molecule has 1 aromatic rings. The summed E-state index contributed by atoms with van der Waals surface area (Å²) in [4.78, 5) is 3.98. The predicted octanol–water partition coefficient (Wildman–Crippen LogP) is 1.18. The lowest BCUT2D eigenvalue weighted by atomic mass is 10.4. The van der Waals surface area contributed by atoms with Gasteiger partial charge in [-0.15, -0.1) is 0 Å². The number of sulfonamides is 1. The molecule has 0 aliphatic rings. The smallest absolute Gasteiger partial charge is 0.246 e. The zero-order chi connectivity index (χ0) is 13.6. The molecule has 102 valence electrons. The van der Waals surface area contributed by atoms with Crippen LogP contribution in [0.1, 0.15) is 26.7 Å². The van der Waals surface area contributed by atoms with Gasteiger partial charge in [0.15, 0.2) is 0 Å². The van der Waals surface area contributed by atoms with E-state index in [1.807, 2.05) is 13.8 Å². The number of nitrogens with zero attached hydrogens (tertiary/aromatic N) is 2. The van der Waals surface area contributed by atoms with Gasteiger partial charge in [0, 0.05) is 25.5 Å². The number of anilines is 1. The summed E-state index contributed by atoms with van der Waals surface area (Å²) in [6, 6.07) is 1.54. The number of nitrogen functional groups attached to an aromatic ring is 1. The summed E-state index contributed by atoms with van der Waals surface area (Å²) in [5.41, 5.74) is 2.76. The van der Waals surface area contributed by atoms with Gasteiger partial charge in [-0.3, -0.25) is 10.8 Å². The topological polar surface area (TPSA) is 88.3 Å². The van der Waals surface area contributed by atoms with Gasteiger partial charge >= 0.3 is 0 Å². The highest BCUT2D eigenvalue weighted by atomic mass is 32.2. The summed E-state index contributed by atoms with van der Waals surface area (Å²) in [5.74, 6) is 5.33. The Kier molecular flexibility index (Phi) is 5.52. The fraction of sp³-hybridized carbons (Fsp3) is 0.545. The molecule has 1 heterocycles. The summed E-state index contributed by atoms with van der Waals surface area (Å²) in [5, 5.41) is 0. The molecule has 1 aromatic heterocycles. The second kappa shape index (κ2) is 6.67. The Morgan fingerprint density at radius 1 is 1.33 bits per heavy atom. The standard InChI is InChI=1S/C11H20N4O2S/c1-3-7-15(8-4-2)18(16,17)11-9-13-6-5-10(11)14-12/h5-6,9H,3-4,7-8,12H2,1-2H3,(H,13,14). The number of nitrogens with one attached hydrogen (secondary N) is 1. The first-order valence-corrected chi connectivity index (χ1v) is 7.42. The Balaban J connectivity index is 3.17. The van der Waals surface area contributed by atoms with Crippen LogP contribution in [0.5, 0.6) is 0 Å². The average Bonchev–Trinajstić information content (AvgIpc) is 2.38. The molecule has 0 aliphatic heterocycles. The summed E-state index contributed by atoms with van der Waals surface area (Å²) in [6.45, 7) is 4.89. The maximum absolute atomic E-state index is 12.5. The van der Waals surface area contributed by atoms with Crippen LogP contribution < -0.4 is 11.3 Å². The van der Waals surface area contributed by atoms with E-state index in [1.165, 1.54) is 16.7 Å². The molecule has 7 heteroatoms. The van der Waals surface area contributed by atoms with Crippen LogP contribution in [0.4, 0.5) is 5.69 Å². The molecular formula is C11H20N4O2S. The van der Waals surface area contributed by atoms with Gasteiger partial charge < -0.3 is 5.43 Å². The molecule has 0 unspecified atom stereocenters. The first-order chi connectivity index (χ1) is 8.57. The van der Waals surface area contributed by atoms with Crippen LogP contribution >= 0.6 is 0 Å². The Morgan fingerprint density at radius 3 is 2.44 bits per heavy atom. The van der Waals surface area contributed by atoms with E-state index >= 15 is 0 Å². The van der Waals surface area contributed by atoms with Gasteiger partial charge in [0.2, 0.25) is 10.0 Å². The van der Waals surface area contributed by atoms with E-state index in [1.54, 1.807) is 6.07 Å². The highest BCUT2D eigenvalue weighted by molar-refractivity contribution is 7.89. The normalized spacial score (nSPS) is 11.8. The molecule has 0 aromatic carbocycles. The molecule has 0 atom stereocenters. The first-order valence-electron chi connectivity index (χ1n) is 5.98. The molecular weight excluding hydrogens is 252 g/mol. The first kappa shape index (κ1) is 14.9. The third-order valence-corrected chi connectivity index (χ3v) is 4.43. The largest absolute Gasteiger partial charge is 0.323 e. The molecule has 6 nitrogen and oxygen atoms in total. The monoisotopic (exact) mass is 272 g/mol. The summed E-state index contributed by atoms with van der Waals surface area (Å²) in [6.07, 6.45) is 4.36. The van der Waals surface area contributed by atoms with Crippen LogP contribution in [-0.2, 0) is 10.0 Å². The molecule has 0 bridgehead atoms. The maximum Gasteiger partial charge on any atom is 0.246 e. The molecule has 3 N–H and O–H groups in total. The van der Waals surface area contributed by atoms with Crippen molar-refractivity contribution < 1.29 is 8.42 Å². The molecule has 1 rings (SSSR count). The summed E-state index contributed by atoms with van der Waals surface area (Å²) >= 11 is 0.